The Morgan fingerprint density at radius 3 is 2.75 bits per heavy atom. The van der Waals surface area contributed by atoms with Crippen molar-refractivity contribution in [1.82, 2.24) is 5.32 Å². The van der Waals surface area contributed by atoms with Crippen molar-refractivity contribution in [2.45, 2.75) is 51.5 Å². The number of nitrogens with one attached hydrogen (secondary N) is 1. The predicted octanol–water partition coefficient (Wildman–Crippen LogP) is 1.86. The van der Waals surface area contributed by atoms with Crippen LogP contribution in [-0.2, 0) is 9.59 Å². The number of carboxylic acid groups (broad SMARTS) is 1. The molecule has 0 heterocycles. The van der Waals surface area contributed by atoms with Crippen molar-refractivity contribution in [2.24, 2.45) is 0 Å². The summed E-state index contributed by atoms with van der Waals surface area (Å²) >= 11 is 0. The maximum atomic E-state index is 11.6. The number of hydrogen-bond acceptors (Lipinski definition) is 2. The third-order valence-corrected chi connectivity index (χ3v) is 2.81. The van der Waals surface area contributed by atoms with Gasteiger partial charge in [0.15, 0.2) is 0 Å². The Labute approximate surface area is 95.7 Å². The summed E-state index contributed by atoms with van der Waals surface area (Å²) in [6.07, 6.45) is 7.21. The van der Waals surface area contributed by atoms with Gasteiger partial charge in [0, 0.05) is 6.42 Å². The molecule has 0 saturated carbocycles. The van der Waals surface area contributed by atoms with E-state index in [0.717, 1.165) is 24.8 Å². The van der Waals surface area contributed by atoms with Gasteiger partial charge in [-0.25, -0.2) is 4.79 Å². The lowest BCUT2D eigenvalue weighted by Gasteiger charge is -2.15. The lowest BCUT2D eigenvalue weighted by atomic mass is 9.97. The number of amides is 1. The molecule has 4 heteroatoms. The van der Waals surface area contributed by atoms with Gasteiger partial charge in [0.25, 0.3) is 0 Å². The molecule has 0 aliphatic heterocycles. The SMILES string of the molecule is CC[C@@H](NC(=O)CC1=CCCCC1)C(=O)O. The van der Waals surface area contributed by atoms with Gasteiger partial charge in [-0.2, -0.15) is 0 Å². The number of carbonyl (C=O) groups excluding carboxylic acids is 1. The van der Waals surface area contributed by atoms with Crippen LogP contribution in [0.4, 0.5) is 0 Å². The van der Waals surface area contributed by atoms with E-state index in [9.17, 15) is 9.59 Å². The summed E-state index contributed by atoms with van der Waals surface area (Å²) in [5.74, 6) is -1.14. The van der Waals surface area contributed by atoms with Crippen LogP contribution in [0.1, 0.15) is 45.4 Å². The van der Waals surface area contributed by atoms with E-state index in [1.165, 1.54) is 6.42 Å². The van der Waals surface area contributed by atoms with Crippen molar-refractivity contribution in [2.75, 3.05) is 0 Å². The molecule has 0 spiro atoms. The smallest absolute Gasteiger partial charge is 0.326 e. The summed E-state index contributed by atoms with van der Waals surface area (Å²) in [5.41, 5.74) is 1.14. The van der Waals surface area contributed by atoms with Crippen LogP contribution in [0, 0.1) is 0 Å². The van der Waals surface area contributed by atoms with Crippen LogP contribution >= 0.6 is 0 Å². The minimum absolute atomic E-state index is 0.178. The van der Waals surface area contributed by atoms with Crippen LogP contribution < -0.4 is 5.32 Å². The average Bonchev–Trinajstić information content (AvgIpc) is 2.27. The second-order valence-corrected chi connectivity index (χ2v) is 4.15. The average molecular weight is 225 g/mol. The number of carbonyl (C=O) groups is 2. The molecule has 0 unspecified atom stereocenters. The normalized spacial score (nSPS) is 17.4. The monoisotopic (exact) mass is 225 g/mol. The summed E-state index contributed by atoms with van der Waals surface area (Å²) in [5, 5.41) is 11.3. The molecule has 0 radical (unpaired) electrons. The van der Waals surface area contributed by atoms with Gasteiger partial charge in [0.2, 0.25) is 5.91 Å². The Hall–Kier alpha value is -1.32. The standard InChI is InChI=1S/C12H19NO3/c1-2-10(12(15)16)13-11(14)8-9-6-4-3-5-7-9/h6,10H,2-5,7-8H2,1H3,(H,13,14)(H,15,16)/t10-/m1/s1. The van der Waals surface area contributed by atoms with Gasteiger partial charge < -0.3 is 10.4 Å². The zero-order valence-electron chi connectivity index (χ0n) is 9.66. The summed E-state index contributed by atoms with van der Waals surface area (Å²) in [6, 6.07) is -0.753. The van der Waals surface area contributed by atoms with Gasteiger partial charge in [0.1, 0.15) is 6.04 Å². The molecule has 1 aliphatic carbocycles. The molecule has 0 saturated heterocycles. The molecule has 4 nitrogen and oxygen atoms in total. The Bertz CT molecular complexity index is 297. The Kier molecular flexibility index (Phi) is 5.02. The third kappa shape index (κ3) is 4.04. The van der Waals surface area contributed by atoms with E-state index in [2.05, 4.69) is 11.4 Å². The molecule has 90 valence electrons. The van der Waals surface area contributed by atoms with Gasteiger partial charge in [-0.1, -0.05) is 18.6 Å². The molecule has 0 aromatic heterocycles. The Morgan fingerprint density at radius 2 is 2.25 bits per heavy atom. The van der Waals surface area contributed by atoms with Crippen molar-refractivity contribution >= 4 is 11.9 Å². The van der Waals surface area contributed by atoms with Crippen LogP contribution in [-0.4, -0.2) is 23.0 Å². The van der Waals surface area contributed by atoms with Crippen LogP contribution in [0.3, 0.4) is 0 Å². The van der Waals surface area contributed by atoms with Gasteiger partial charge in [-0.3, -0.25) is 4.79 Å². The minimum atomic E-state index is -0.964. The van der Waals surface area contributed by atoms with Gasteiger partial charge in [-0.05, 0) is 32.1 Å². The van der Waals surface area contributed by atoms with E-state index < -0.39 is 12.0 Å². The molecule has 16 heavy (non-hydrogen) atoms. The van der Waals surface area contributed by atoms with E-state index in [4.69, 9.17) is 5.11 Å². The van der Waals surface area contributed by atoms with E-state index in [0.29, 0.717) is 12.8 Å². The van der Waals surface area contributed by atoms with Crippen molar-refractivity contribution in [3.63, 3.8) is 0 Å². The quantitative estimate of drug-likeness (QED) is 0.702. The molecule has 1 atom stereocenters. The fraction of sp³-hybridized carbons (Fsp3) is 0.667. The topological polar surface area (TPSA) is 66.4 Å². The second kappa shape index (κ2) is 6.30. The summed E-state index contributed by atoms with van der Waals surface area (Å²) < 4.78 is 0. The molecular formula is C12H19NO3. The van der Waals surface area contributed by atoms with Gasteiger partial charge in [-0.15, -0.1) is 0 Å². The third-order valence-electron chi connectivity index (χ3n) is 2.81. The first-order chi connectivity index (χ1) is 7.63. The summed E-state index contributed by atoms with van der Waals surface area (Å²) in [7, 11) is 0. The fourth-order valence-corrected chi connectivity index (χ4v) is 1.86. The molecule has 1 aliphatic rings. The largest absolute Gasteiger partial charge is 0.480 e. The fourth-order valence-electron chi connectivity index (χ4n) is 1.86. The van der Waals surface area contributed by atoms with Crippen molar-refractivity contribution in [3.05, 3.63) is 11.6 Å². The van der Waals surface area contributed by atoms with Crippen LogP contribution in [0.25, 0.3) is 0 Å². The Morgan fingerprint density at radius 1 is 1.50 bits per heavy atom. The molecule has 2 N–H and O–H groups in total. The molecular weight excluding hydrogens is 206 g/mol. The number of rotatable bonds is 5. The van der Waals surface area contributed by atoms with E-state index in [1.807, 2.05) is 0 Å². The highest BCUT2D eigenvalue weighted by atomic mass is 16.4. The molecule has 0 bridgehead atoms. The van der Waals surface area contributed by atoms with Crippen LogP contribution in [0.5, 0.6) is 0 Å². The van der Waals surface area contributed by atoms with E-state index in [1.54, 1.807) is 6.92 Å². The minimum Gasteiger partial charge on any atom is -0.480 e. The molecule has 0 aromatic carbocycles. The first-order valence-corrected chi connectivity index (χ1v) is 5.83. The van der Waals surface area contributed by atoms with Gasteiger partial charge in [0.05, 0.1) is 0 Å². The highest BCUT2D eigenvalue weighted by molar-refractivity contribution is 5.84. The summed E-state index contributed by atoms with van der Waals surface area (Å²) in [4.78, 5) is 22.3. The maximum Gasteiger partial charge on any atom is 0.326 e. The lowest BCUT2D eigenvalue weighted by Crippen LogP contribution is -2.40. The predicted molar refractivity (Wildman–Crippen MR) is 61.0 cm³/mol. The highest BCUT2D eigenvalue weighted by Gasteiger charge is 2.18. The van der Waals surface area contributed by atoms with Gasteiger partial charge >= 0.3 is 5.97 Å². The molecule has 1 rings (SSSR count). The summed E-state index contributed by atoms with van der Waals surface area (Å²) in [6.45, 7) is 1.75. The molecule has 0 fully saturated rings. The first kappa shape index (κ1) is 12.7. The van der Waals surface area contributed by atoms with Crippen LogP contribution in [0.15, 0.2) is 11.6 Å². The lowest BCUT2D eigenvalue weighted by molar-refractivity contribution is -0.141. The highest BCUT2D eigenvalue weighted by Crippen LogP contribution is 2.19. The second-order valence-electron chi connectivity index (χ2n) is 4.15. The number of carboxylic acids is 1. The van der Waals surface area contributed by atoms with Crippen molar-refractivity contribution < 1.29 is 14.7 Å². The number of aliphatic carboxylic acids is 1. The zero-order chi connectivity index (χ0) is 12.0. The maximum absolute atomic E-state index is 11.6. The first-order valence-electron chi connectivity index (χ1n) is 5.83. The van der Waals surface area contributed by atoms with Crippen molar-refractivity contribution in [3.8, 4) is 0 Å². The molecule has 0 aromatic rings. The molecule has 1 amide bonds. The van der Waals surface area contributed by atoms with E-state index >= 15 is 0 Å². The van der Waals surface area contributed by atoms with Crippen LogP contribution in [0.2, 0.25) is 0 Å². The number of hydrogen-bond donors (Lipinski definition) is 2. The Balaban J connectivity index is 2.40. The van der Waals surface area contributed by atoms with Crippen molar-refractivity contribution in [1.29, 1.82) is 0 Å². The number of allylic oxidation sites excluding steroid dienone is 1. The zero-order valence-corrected chi connectivity index (χ0v) is 9.66. The van der Waals surface area contributed by atoms with E-state index in [-0.39, 0.29) is 5.91 Å².